The number of hydrogen-bond donors (Lipinski definition) is 1. The maximum Gasteiger partial charge on any atom is 0.118 e. The number of benzene rings is 2. The summed E-state index contributed by atoms with van der Waals surface area (Å²) in [6, 6.07) is 19.1. The highest BCUT2D eigenvalue weighted by atomic mass is 16.5. The zero-order valence-electron chi connectivity index (χ0n) is 15.9. The molecular weight excluding hydrogens is 334 g/mol. The van der Waals surface area contributed by atoms with E-state index in [1.807, 2.05) is 18.3 Å². The Morgan fingerprint density at radius 3 is 2.44 bits per heavy atom. The van der Waals surface area contributed by atoms with Gasteiger partial charge in [0.2, 0.25) is 0 Å². The summed E-state index contributed by atoms with van der Waals surface area (Å²) >= 11 is 0. The van der Waals surface area contributed by atoms with Gasteiger partial charge >= 0.3 is 0 Å². The van der Waals surface area contributed by atoms with Crippen LogP contribution in [0, 0.1) is 0 Å². The van der Waals surface area contributed by atoms with Crippen LogP contribution in [0.15, 0.2) is 60.8 Å². The third kappa shape index (κ3) is 4.40. The highest BCUT2D eigenvalue weighted by Crippen LogP contribution is 2.30. The quantitative estimate of drug-likeness (QED) is 0.708. The van der Waals surface area contributed by atoms with Crippen molar-refractivity contribution < 1.29 is 4.74 Å². The first kappa shape index (κ1) is 17.8. The van der Waals surface area contributed by atoms with Gasteiger partial charge in [-0.15, -0.1) is 0 Å². The Labute approximate surface area is 161 Å². The van der Waals surface area contributed by atoms with E-state index >= 15 is 0 Å². The second-order valence-electron chi connectivity index (χ2n) is 7.37. The summed E-state index contributed by atoms with van der Waals surface area (Å²) in [5.41, 5.74) is 5.37. The van der Waals surface area contributed by atoms with Gasteiger partial charge in [-0.25, -0.2) is 0 Å². The molecule has 0 unspecified atom stereocenters. The number of nitrogens with zero attached hydrogens (tertiary/aromatic N) is 2. The van der Waals surface area contributed by atoms with Gasteiger partial charge in [0, 0.05) is 24.6 Å². The maximum absolute atomic E-state index is 5.25. The molecule has 0 spiro atoms. The predicted octanol–water partition coefficient (Wildman–Crippen LogP) is 4.39. The number of nitrogens with one attached hydrogen (secondary N) is 1. The Bertz CT molecular complexity index is 834. The lowest BCUT2D eigenvalue weighted by Crippen LogP contribution is -2.32. The van der Waals surface area contributed by atoms with E-state index in [1.54, 1.807) is 7.11 Å². The molecule has 2 heterocycles. The Kier molecular flexibility index (Phi) is 5.54. The number of rotatable bonds is 6. The number of hydrogen-bond acceptors (Lipinski definition) is 3. The summed E-state index contributed by atoms with van der Waals surface area (Å²) in [5, 5.41) is 7.64. The molecule has 1 N–H and O–H groups in total. The molecule has 0 bridgehead atoms. The number of aromatic nitrogens is 2. The Hall–Kier alpha value is -2.59. The van der Waals surface area contributed by atoms with Crippen LogP contribution in [0.2, 0.25) is 0 Å². The minimum absolute atomic E-state index is 0.582. The van der Waals surface area contributed by atoms with Crippen LogP contribution in [-0.2, 0) is 13.0 Å². The molecule has 1 saturated heterocycles. The summed E-state index contributed by atoms with van der Waals surface area (Å²) in [7, 11) is 1.71. The van der Waals surface area contributed by atoms with Crippen molar-refractivity contribution in [3.05, 3.63) is 83.2 Å². The lowest BCUT2D eigenvalue weighted by atomic mass is 9.89. The van der Waals surface area contributed by atoms with E-state index in [0.29, 0.717) is 5.92 Å². The van der Waals surface area contributed by atoms with Gasteiger partial charge in [-0.05, 0) is 54.8 Å². The molecule has 0 amide bonds. The van der Waals surface area contributed by atoms with Crippen molar-refractivity contribution in [1.29, 1.82) is 0 Å². The minimum atomic E-state index is 0.582. The van der Waals surface area contributed by atoms with Crippen molar-refractivity contribution in [3.63, 3.8) is 0 Å². The summed E-state index contributed by atoms with van der Waals surface area (Å²) in [4.78, 5) is 2.55. The van der Waals surface area contributed by atoms with Crippen molar-refractivity contribution in [2.75, 3.05) is 20.2 Å². The molecule has 4 rings (SSSR count). The molecule has 0 atom stereocenters. The van der Waals surface area contributed by atoms with E-state index in [2.05, 4.69) is 57.6 Å². The minimum Gasteiger partial charge on any atom is -0.497 e. The predicted molar refractivity (Wildman–Crippen MR) is 108 cm³/mol. The number of H-pyrrole nitrogens is 1. The van der Waals surface area contributed by atoms with Gasteiger partial charge in [0.05, 0.1) is 13.3 Å². The van der Waals surface area contributed by atoms with E-state index in [9.17, 15) is 0 Å². The standard InChI is InChI=1S/C23H27N3O/c1-27-22-9-7-19(8-10-22)17-26-13-11-20(12-14-26)23-21(16-24-25-23)15-18-5-3-2-4-6-18/h2-10,16,20H,11-15,17H2,1H3,(H,24,25). The monoisotopic (exact) mass is 361 g/mol. The van der Waals surface area contributed by atoms with Crippen LogP contribution in [0.25, 0.3) is 0 Å². The molecule has 1 fully saturated rings. The Morgan fingerprint density at radius 2 is 1.74 bits per heavy atom. The summed E-state index contributed by atoms with van der Waals surface area (Å²) < 4.78 is 5.25. The van der Waals surface area contributed by atoms with Crippen LogP contribution in [0.4, 0.5) is 0 Å². The number of methoxy groups -OCH3 is 1. The zero-order chi connectivity index (χ0) is 18.5. The highest BCUT2D eigenvalue weighted by molar-refractivity contribution is 5.30. The fourth-order valence-corrected chi connectivity index (χ4v) is 4.00. The third-order valence-corrected chi connectivity index (χ3v) is 5.55. The fourth-order valence-electron chi connectivity index (χ4n) is 4.00. The van der Waals surface area contributed by atoms with Crippen molar-refractivity contribution in [2.45, 2.75) is 31.7 Å². The molecule has 27 heavy (non-hydrogen) atoms. The molecule has 4 nitrogen and oxygen atoms in total. The molecule has 4 heteroatoms. The van der Waals surface area contributed by atoms with Crippen LogP contribution in [0.3, 0.4) is 0 Å². The van der Waals surface area contributed by atoms with E-state index in [4.69, 9.17) is 4.74 Å². The largest absolute Gasteiger partial charge is 0.497 e. The lowest BCUT2D eigenvalue weighted by Gasteiger charge is -2.32. The van der Waals surface area contributed by atoms with Crippen LogP contribution in [0.1, 0.15) is 41.1 Å². The molecule has 2 aromatic carbocycles. The van der Waals surface area contributed by atoms with Gasteiger partial charge in [0.15, 0.2) is 0 Å². The molecule has 0 aliphatic carbocycles. The average molecular weight is 361 g/mol. The molecule has 0 radical (unpaired) electrons. The maximum atomic E-state index is 5.25. The average Bonchev–Trinajstić information content (AvgIpc) is 3.18. The molecule has 140 valence electrons. The first-order valence-electron chi connectivity index (χ1n) is 9.73. The molecule has 3 aromatic rings. The van der Waals surface area contributed by atoms with Gasteiger partial charge in [-0.3, -0.25) is 10.00 Å². The van der Waals surface area contributed by atoms with Gasteiger partial charge < -0.3 is 4.74 Å². The highest BCUT2D eigenvalue weighted by Gasteiger charge is 2.24. The Morgan fingerprint density at radius 1 is 1.00 bits per heavy atom. The SMILES string of the molecule is COc1ccc(CN2CCC(c3[nH]ncc3Cc3ccccc3)CC2)cc1. The van der Waals surface area contributed by atoms with Crippen LogP contribution in [0.5, 0.6) is 5.75 Å². The van der Waals surface area contributed by atoms with E-state index in [0.717, 1.165) is 31.8 Å². The van der Waals surface area contributed by atoms with Crippen molar-refractivity contribution in [2.24, 2.45) is 0 Å². The van der Waals surface area contributed by atoms with Crippen molar-refractivity contribution in [3.8, 4) is 5.75 Å². The summed E-state index contributed by atoms with van der Waals surface area (Å²) in [6.07, 6.45) is 5.32. The summed E-state index contributed by atoms with van der Waals surface area (Å²) in [5.74, 6) is 1.50. The summed E-state index contributed by atoms with van der Waals surface area (Å²) in [6.45, 7) is 3.26. The first-order chi connectivity index (χ1) is 13.3. The van der Waals surface area contributed by atoms with Gasteiger partial charge in [0.25, 0.3) is 0 Å². The zero-order valence-corrected chi connectivity index (χ0v) is 15.9. The van der Waals surface area contributed by atoms with E-state index in [-0.39, 0.29) is 0 Å². The van der Waals surface area contributed by atoms with E-state index < -0.39 is 0 Å². The Balaban J connectivity index is 1.35. The lowest BCUT2D eigenvalue weighted by molar-refractivity contribution is 0.203. The molecule has 1 aliphatic rings. The molecule has 1 aromatic heterocycles. The van der Waals surface area contributed by atoms with Crippen LogP contribution in [-0.4, -0.2) is 35.3 Å². The topological polar surface area (TPSA) is 41.1 Å². The molecular formula is C23H27N3O. The number of aromatic amines is 1. The van der Waals surface area contributed by atoms with E-state index in [1.165, 1.54) is 35.2 Å². The van der Waals surface area contributed by atoms with Crippen LogP contribution >= 0.6 is 0 Å². The fraction of sp³-hybridized carbons (Fsp3) is 0.348. The third-order valence-electron chi connectivity index (χ3n) is 5.55. The number of ether oxygens (including phenoxy) is 1. The second-order valence-corrected chi connectivity index (χ2v) is 7.37. The number of piperidine rings is 1. The van der Waals surface area contributed by atoms with Gasteiger partial charge in [-0.2, -0.15) is 5.10 Å². The number of likely N-dealkylation sites (tertiary alicyclic amines) is 1. The van der Waals surface area contributed by atoms with Crippen molar-refractivity contribution in [1.82, 2.24) is 15.1 Å². The van der Waals surface area contributed by atoms with Gasteiger partial charge in [-0.1, -0.05) is 42.5 Å². The van der Waals surface area contributed by atoms with Crippen LogP contribution < -0.4 is 4.74 Å². The second kappa shape index (κ2) is 8.40. The van der Waals surface area contributed by atoms with Crippen molar-refractivity contribution >= 4 is 0 Å². The molecule has 1 aliphatic heterocycles. The smallest absolute Gasteiger partial charge is 0.118 e. The first-order valence-corrected chi connectivity index (χ1v) is 9.73. The van der Waals surface area contributed by atoms with Gasteiger partial charge in [0.1, 0.15) is 5.75 Å². The normalized spacial score (nSPS) is 15.7. The molecule has 0 saturated carbocycles.